The number of aromatic nitrogens is 1. The second-order valence-corrected chi connectivity index (χ2v) is 7.53. The van der Waals surface area contributed by atoms with E-state index >= 15 is 0 Å². The zero-order valence-corrected chi connectivity index (χ0v) is 17.2. The summed E-state index contributed by atoms with van der Waals surface area (Å²) in [6, 6.07) is 5.28. The molecule has 3 rings (SSSR count). The van der Waals surface area contributed by atoms with E-state index in [2.05, 4.69) is 40.5 Å². The van der Waals surface area contributed by atoms with Crippen LogP contribution >= 0.6 is 0 Å². The highest BCUT2D eigenvalue weighted by molar-refractivity contribution is 5.78. The van der Waals surface area contributed by atoms with E-state index < -0.39 is 0 Å². The lowest BCUT2D eigenvalue weighted by atomic mass is 9.86. The van der Waals surface area contributed by atoms with Gasteiger partial charge >= 0.3 is 0 Å². The molecule has 1 aliphatic carbocycles. The van der Waals surface area contributed by atoms with E-state index in [0.717, 1.165) is 35.1 Å². The topological polar surface area (TPSA) is 4.41 Å². The zero-order valence-electron chi connectivity index (χ0n) is 17.2. The maximum Gasteiger partial charge on any atom is 0.147 e. The lowest BCUT2D eigenvalue weighted by molar-refractivity contribution is 0.323. The summed E-state index contributed by atoms with van der Waals surface area (Å²) >= 11 is 0. The van der Waals surface area contributed by atoms with Crippen molar-refractivity contribution in [2.45, 2.75) is 72.6 Å². The minimum absolute atomic E-state index is 0.178. The van der Waals surface area contributed by atoms with Gasteiger partial charge in [0.05, 0.1) is 5.52 Å². The van der Waals surface area contributed by atoms with Gasteiger partial charge in [0, 0.05) is 17.5 Å². The third-order valence-electron chi connectivity index (χ3n) is 5.45. The van der Waals surface area contributed by atoms with Crippen LogP contribution in [0.2, 0.25) is 0 Å². The van der Waals surface area contributed by atoms with Crippen LogP contribution in [0.4, 0.5) is 4.39 Å². The standard InChI is InChI=1S/C14H16FN.C8H16.C2H4/c1-4-6-11-9-12(10(2)3)14-13(15)7-5-8-16(11)14;1-3-8(2)6-4-5-7-8;1-2/h5,7-9H,2,4,6H2,1,3H3;3-7H2,1-2H3;1-2H2. The van der Waals surface area contributed by atoms with Crippen molar-refractivity contribution in [3.8, 4) is 0 Å². The molecule has 0 atom stereocenters. The number of aryl methyl sites for hydroxylation is 1. The van der Waals surface area contributed by atoms with Crippen LogP contribution in [0.3, 0.4) is 0 Å². The summed E-state index contributed by atoms with van der Waals surface area (Å²) in [5, 5.41) is 0. The fourth-order valence-corrected chi connectivity index (χ4v) is 3.64. The quantitative estimate of drug-likeness (QED) is 0.491. The van der Waals surface area contributed by atoms with Gasteiger partial charge < -0.3 is 4.40 Å². The van der Waals surface area contributed by atoms with Crippen LogP contribution in [0.25, 0.3) is 11.1 Å². The Morgan fingerprint density at radius 1 is 1.23 bits per heavy atom. The molecule has 144 valence electrons. The number of hydrogen-bond acceptors (Lipinski definition) is 0. The molecule has 0 amide bonds. The molecule has 1 aliphatic rings. The van der Waals surface area contributed by atoms with Gasteiger partial charge in [-0.25, -0.2) is 4.39 Å². The molecule has 0 N–H and O–H groups in total. The van der Waals surface area contributed by atoms with Crippen LogP contribution in [0.5, 0.6) is 0 Å². The first kappa shape index (κ1) is 22.2. The van der Waals surface area contributed by atoms with Crippen LogP contribution in [0.1, 0.15) is 77.5 Å². The van der Waals surface area contributed by atoms with Gasteiger partial charge in [-0.2, -0.15) is 0 Å². The second kappa shape index (κ2) is 10.4. The van der Waals surface area contributed by atoms with Crippen molar-refractivity contribution in [2.75, 3.05) is 0 Å². The van der Waals surface area contributed by atoms with Crippen molar-refractivity contribution >= 4 is 11.1 Å². The van der Waals surface area contributed by atoms with E-state index in [1.165, 1.54) is 38.2 Å². The van der Waals surface area contributed by atoms with Gasteiger partial charge in [-0.1, -0.05) is 53.0 Å². The molecular weight excluding hydrogens is 321 g/mol. The lowest BCUT2D eigenvalue weighted by Gasteiger charge is -2.19. The van der Waals surface area contributed by atoms with Crippen LogP contribution in [-0.2, 0) is 6.42 Å². The van der Waals surface area contributed by atoms with Gasteiger partial charge in [-0.15, -0.1) is 13.2 Å². The zero-order chi connectivity index (χ0) is 19.7. The second-order valence-electron chi connectivity index (χ2n) is 7.53. The SMILES string of the molecule is C=C.C=C(C)c1cc(CCC)n2cccc(F)c12.CCC1(C)CCCC1. The van der Waals surface area contributed by atoms with E-state index in [1.807, 2.05) is 23.6 Å². The normalized spacial score (nSPS) is 15.0. The summed E-state index contributed by atoms with van der Waals surface area (Å²) < 4.78 is 15.7. The van der Waals surface area contributed by atoms with Gasteiger partial charge in [-0.05, 0) is 55.4 Å². The van der Waals surface area contributed by atoms with Crippen LogP contribution in [-0.4, -0.2) is 4.40 Å². The average molecular weight is 358 g/mol. The first-order valence-electron chi connectivity index (χ1n) is 9.86. The van der Waals surface area contributed by atoms with Gasteiger partial charge in [0.25, 0.3) is 0 Å². The molecule has 0 saturated heterocycles. The van der Waals surface area contributed by atoms with Crippen molar-refractivity contribution in [3.63, 3.8) is 0 Å². The lowest BCUT2D eigenvalue weighted by Crippen LogP contribution is -2.07. The number of nitrogens with zero attached hydrogens (tertiary/aromatic N) is 1. The van der Waals surface area contributed by atoms with Gasteiger partial charge in [0.1, 0.15) is 5.82 Å². The summed E-state index contributed by atoms with van der Waals surface area (Å²) in [6.45, 7) is 18.7. The molecule has 2 heterocycles. The number of halogens is 1. The Bertz CT molecular complexity index is 704. The molecule has 2 heteroatoms. The average Bonchev–Trinajstić information content (AvgIpc) is 3.24. The van der Waals surface area contributed by atoms with Crippen LogP contribution in [0, 0.1) is 11.2 Å². The number of hydrogen-bond donors (Lipinski definition) is 0. The molecular formula is C24H36FN. The summed E-state index contributed by atoms with van der Waals surface area (Å²) in [5.74, 6) is -0.178. The van der Waals surface area contributed by atoms with E-state index in [1.54, 1.807) is 6.07 Å². The number of rotatable bonds is 4. The third-order valence-corrected chi connectivity index (χ3v) is 5.45. The fourth-order valence-electron chi connectivity index (χ4n) is 3.64. The molecule has 0 bridgehead atoms. The largest absolute Gasteiger partial charge is 0.318 e. The predicted octanol–water partition coefficient (Wildman–Crippen LogP) is 7.84. The monoisotopic (exact) mass is 357 g/mol. The Morgan fingerprint density at radius 3 is 2.31 bits per heavy atom. The van der Waals surface area contributed by atoms with E-state index in [4.69, 9.17) is 0 Å². The Hall–Kier alpha value is -1.83. The first-order valence-corrected chi connectivity index (χ1v) is 9.86. The minimum Gasteiger partial charge on any atom is -0.318 e. The molecule has 1 fully saturated rings. The molecule has 2 aromatic rings. The highest BCUT2D eigenvalue weighted by atomic mass is 19.1. The summed E-state index contributed by atoms with van der Waals surface area (Å²) in [7, 11) is 0. The van der Waals surface area contributed by atoms with Gasteiger partial charge in [-0.3, -0.25) is 0 Å². The Balaban J connectivity index is 0.000000284. The van der Waals surface area contributed by atoms with Crippen molar-refractivity contribution in [1.29, 1.82) is 0 Å². The molecule has 2 aromatic heterocycles. The maximum absolute atomic E-state index is 13.8. The number of pyridine rings is 1. The summed E-state index contributed by atoms with van der Waals surface area (Å²) in [6.07, 6.45) is 11.2. The molecule has 0 radical (unpaired) electrons. The Kier molecular flexibility index (Phi) is 8.84. The summed E-state index contributed by atoms with van der Waals surface area (Å²) in [5.41, 5.74) is 4.36. The molecule has 1 saturated carbocycles. The molecule has 1 nitrogen and oxygen atoms in total. The van der Waals surface area contributed by atoms with E-state index in [0.29, 0.717) is 5.52 Å². The van der Waals surface area contributed by atoms with E-state index in [-0.39, 0.29) is 5.82 Å². The Labute approximate surface area is 159 Å². The Morgan fingerprint density at radius 2 is 1.85 bits per heavy atom. The predicted molar refractivity (Wildman–Crippen MR) is 114 cm³/mol. The molecule has 26 heavy (non-hydrogen) atoms. The molecule has 0 aliphatic heterocycles. The van der Waals surface area contributed by atoms with Crippen molar-refractivity contribution in [3.05, 3.63) is 61.2 Å². The van der Waals surface area contributed by atoms with Crippen molar-refractivity contribution < 1.29 is 4.39 Å². The summed E-state index contributed by atoms with van der Waals surface area (Å²) in [4.78, 5) is 0. The van der Waals surface area contributed by atoms with Crippen LogP contribution < -0.4 is 0 Å². The number of fused-ring (bicyclic) bond motifs is 1. The first-order chi connectivity index (χ1) is 12.4. The third kappa shape index (κ3) is 5.33. The maximum atomic E-state index is 13.8. The van der Waals surface area contributed by atoms with Gasteiger partial charge in [0.15, 0.2) is 0 Å². The highest BCUT2D eigenvalue weighted by Gasteiger charge is 2.25. The fraction of sp³-hybridized carbons (Fsp3) is 0.500. The molecule has 0 aromatic carbocycles. The highest BCUT2D eigenvalue weighted by Crippen LogP contribution is 2.39. The van der Waals surface area contributed by atoms with Crippen LogP contribution in [0.15, 0.2) is 44.1 Å². The number of allylic oxidation sites excluding steroid dienone is 1. The molecule has 0 spiro atoms. The van der Waals surface area contributed by atoms with E-state index in [9.17, 15) is 4.39 Å². The smallest absolute Gasteiger partial charge is 0.147 e. The van der Waals surface area contributed by atoms with Gasteiger partial charge in [0.2, 0.25) is 0 Å². The van der Waals surface area contributed by atoms with Crippen molar-refractivity contribution in [2.24, 2.45) is 5.41 Å². The molecule has 0 unspecified atom stereocenters. The minimum atomic E-state index is -0.178. The van der Waals surface area contributed by atoms with Crippen molar-refractivity contribution in [1.82, 2.24) is 4.40 Å².